The molecule has 0 radical (unpaired) electrons. The van der Waals surface area contributed by atoms with Crippen molar-refractivity contribution < 1.29 is 4.79 Å². The number of nitrogens with one attached hydrogen (secondary N) is 2. The Balaban J connectivity index is 2.48. The summed E-state index contributed by atoms with van der Waals surface area (Å²) in [5.41, 5.74) is 0. The molecule has 0 bridgehead atoms. The van der Waals surface area contributed by atoms with Crippen molar-refractivity contribution in [1.82, 2.24) is 15.5 Å². The van der Waals surface area contributed by atoms with Gasteiger partial charge in [0.05, 0.1) is 6.04 Å². The maximum absolute atomic E-state index is 12.1. The maximum atomic E-state index is 12.1. The van der Waals surface area contributed by atoms with Gasteiger partial charge in [-0.2, -0.15) is 0 Å². The fraction of sp³-hybridized carbons (Fsp3) is 0.923. The largest absolute Gasteiger partial charge is 0.352 e. The van der Waals surface area contributed by atoms with Crippen LogP contribution in [0.3, 0.4) is 0 Å². The van der Waals surface area contributed by atoms with Gasteiger partial charge in [-0.1, -0.05) is 20.8 Å². The lowest BCUT2D eigenvalue weighted by Crippen LogP contribution is -2.62. The molecule has 100 valence electrons. The fourth-order valence-corrected chi connectivity index (χ4v) is 2.32. The lowest BCUT2D eigenvalue weighted by molar-refractivity contribution is -0.127. The van der Waals surface area contributed by atoms with E-state index < -0.39 is 0 Å². The second-order valence-electron chi connectivity index (χ2n) is 4.84. The minimum absolute atomic E-state index is 0.0206. The zero-order valence-electron chi connectivity index (χ0n) is 11.6. The van der Waals surface area contributed by atoms with Crippen molar-refractivity contribution in [3.05, 3.63) is 0 Å². The van der Waals surface area contributed by atoms with Crippen LogP contribution in [0.15, 0.2) is 0 Å². The number of nitrogens with zero attached hydrogens (tertiary/aromatic N) is 1. The van der Waals surface area contributed by atoms with Crippen LogP contribution in [0.4, 0.5) is 0 Å². The van der Waals surface area contributed by atoms with Crippen LogP contribution in [0.1, 0.15) is 40.5 Å². The number of carbonyl (C=O) groups is 1. The highest BCUT2D eigenvalue weighted by molar-refractivity contribution is 5.81. The predicted octanol–water partition coefficient (Wildman–Crippen LogP) is 0.973. The third-order valence-corrected chi connectivity index (χ3v) is 3.80. The van der Waals surface area contributed by atoms with Gasteiger partial charge in [-0.05, 0) is 26.3 Å². The molecule has 1 atom stereocenters. The molecule has 1 unspecified atom stereocenters. The van der Waals surface area contributed by atoms with Crippen LogP contribution in [0.5, 0.6) is 0 Å². The monoisotopic (exact) mass is 241 g/mol. The molecule has 0 aromatic carbocycles. The van der Waals surface area contributed by atoms with Gasteiger partial charge < -0.3 is 10.6 Å². The molecule has 0 aromatic heterocycles. The predicted molar refractivity (Wildman–Crippen MR) is 71.0 cm³/mol. The van der Waals surface area contributed by atoms with Crippen molar-refractivity contribution in [2.45, 2.75) is 58.7 Å². The Morgan fingerprint density at radius 2 is 1.94 bits per heavy atom. The summed E-state index contributed by atoms with van der Waals surface area (Å²) in [5, 5.41) is 6.39. The van der Waals surface area contributed by atoms with Crippen LogP contribution in [-0.2, 0) is 4.79 Å². The number of carbonyl (C=O) groups excluding carboxylic acids is 1. The normalized spacial score (nSPS) is 18.2. The molecule has 0 spiro atoms. The molecule has 2 N–H and O–H groups in total. The molecule has 0 aromatic rings. The number of likely N-dealkylation sites (N-methyl/N-ethyl adjacent to an activating group) is 1. The lowest BCUT2D eigenvalue weighted by atomic mass is 10.1. The van der Waals surface area contributed by atoms with Crippen LogP contribution in [0.25, 0.3) is 0 Å². The molecule has 1 aliphatic rings. The number of hydrogen-bond acceptors (Lipinski definition) is 3. The molecule has 4 nitrogen and oxygen atoms in total. The summed E-state index contributed by atoms with van der Waals surface area (Å²) in [7, 11) is 0. The van der Waals surface area contributed by atoms with Crippen LogP contribution in [-0.4, -0.2) is 48.6 Å². The Kier molecular flexibility index (Phi) is 5.92. The van der Waals surface area contributed by atoms with Crippen LogP contribution < -0.4 is 10.6 Å². The van der Waals surface area contributed by atoms with Gasteiger partial charge >= 0.3 is 0 Å². The molecule has 1 aliphatic heterocycles. The van der Waals surface area contributed by atoms with Crippen molar-refractivity contribution >= 4 is 5.91 Å². The van der Waals surface area contributed by atoms with Gasteiger partial charge in [0.2, 0.25) is 5.91 Å². The first-order chi connectivity index (χ1) is 8.13. The van der Waals surface area contributed by atoms with Gasteiger partial charge in [0, 0.05) is 25.2 Å². The second kappa shape index (κ2) is 6.97. The number of hydrogen-bond donors (Lipinski definition) is 2. The smallest absolute Gasteiger partial charge is 0.237 e. The van der Waals surface area contributed by atoms with Crippen molar-refractivity contribution in [1.29, 1.82) is 0 Å². The quantitative estimate of drug-likeness (QED) is 0.698. The van der Waals surface area contributed by atoms with Gasteiger partial charge in [-0.25, -0.2) is 0 Å². The van der Waals surface area contributed by atoms with E-state index >= 15 is 0 Å². The average Bonchev–Trinajstić information content (AvgIpc) is 2.29. The van der Waals surface area contributed by atoms with Crippen molar-refractivity contribution in [2.75, 3.05) is 19.6 Å². The van der Waals surface area contributed by atoms with E-state index in [1.165, 1.54) is 0 Å². The zero-order valence-corrected chi connectivity index (χ0v) is 11.6. The van der Waals surface area contributed by atoms with Gasteiger partial charge in [0.1, 0.15) is 0 Å². The molecule has 4 heteroatoms. The van der Waals surface area contributed by atoms with Crippen LogP contribution in [0.2, 0.25) is 0 Å². The Morgan fingerprint density at radius 3 is 2.29 bits per heavy atom. The van der Waals surface area contributed by atoms with E-state index in [1.54, 1.807) is 0 Å². The highest BCUT2D eigenvalue weighted by Gasteiger charge is 2.30. The molecule has 0 saturated carbocycles. The van der Waals surface area contributed by atoms with E-state index in [9.17, 15) is 4.79 Å². The second-order valence-corrected chi connectivity index (χ2v) is 4.84. The van der Waals surface area contributed by atoms with Crippen LogP contribution in [0, 0.1) is 0 Å². The minimum atomic E-state index is -0.0206. The molecule has 1 saturated heterocycles. The van der Waals surface area contributed by atoms with E-state index in [0.29, 0.717) is 12.1 Å². The summed E-state index contributed by atoms with van der Waals surface area (Å²) in [4.78, 5) is 14.4. The van der Waals surface area contributed by atoms with E-state index in [2.05, 4.69) is 36.3 Å². The first kappa shape index (κ1) is 14.5. The molecule has 17 heavy (non-hydrogen) atoms. The highest BCUT2D eigenvalue weighted by atomic mass is 16.2. The zero-order chi connectivity index (χ0) is 12.8. The SMILES string of the molecule is CCC(CC)NC(=O)C(C)N(CC)C1CNC1. The molecule has 1 amide bonds. The Morgan fingerprint density at radius 1 is 1.35 bits per heavy atom. The van der Waals surface area contributed by atoms with Crippen molar-refractivity contribution in [3.8, 4) is 0 Å². The molecular formula is C13H27N3O. The Bertz CT molecular complexity index is 237. The topological polar surface area (TPSA) is 44.4 Å². The van der Waals surface area contributed by atoms with E-state index in [-0.39, 0.29) is 11.9 Å². The highest BCUT2D eigenvalue weighted by Crippen LogP contribution is 2.10. The molecule has 1 rings (SSSR count). The lowest BCUT2D eigenvalue weighted by Gasteiger charge is -2.40. The average molecular weight is 241 g/mol. The van der Waals surface area contributed by atoms with Crippen LogP contribution >= 0.6 is 0 Å². The van der Waals surface area contributed by atoms with E-state index in [4.69, 9.17) is 0 Å². The molecule has 1 fully saturated rings. The Hall–Kier alpha value is -0.610. The van der Waals surface area contributed by atoms with Gasteiger partial charge in [-0.15, -0.1) is 0 Å². The summed E-state index contributed by atoms with van der Waals surface area (Å²) < 4.78 is 0. The van der Waals surface area contributed by atoms with E-state index in [1.807, 2.05) is 6.92 Å². The standard InChI is InChI=1S/C13H27N3O/c1-5-11(6-2)15-13(17)10(4)16(7-3)12-8-14-9-12/h10-12,14H,5-9H2,1-4H3,(H,15,17). The summed E-state index contributed by atoms with van der Waals surface area (Å²) in [6.45, 7) is 11.3. The summed E-state index contributed by atoms with van der Waals surface area (Å²) in [6, 6.07) is 0.832. The van der Waals surface area contributed by atoms with E-state index in [0.717, 1.165) is 32.5 Å². The minimum Gasteiger partial charge on any atom is -0.352 e. The summed E-state index contributed by atoms with van der Waals surface area (Å²) >= 11 is 0. The number of rotatable bonds is 7. The van der Waals surface area contributed by atoms with Crippen molar-refractivity contribution in [2.24, 2.45) is 0 Å². The third-order valence-electron chi connectivity index (χ3n) is 3.80. The maximum Gasteiger partial charge on any atom is 0.237 e. The fourth-order valence-electron chi connectivity index (χ4n) is 2.32. The van der Waals surface area contributed by atoms with Gasteiger partial charge in [-0.3, -0.25) is 9.69 Å². The Labute approximate surface area is 105 Å². The van der Waals surface area contributed by atoms with Gasteiger partial charge in [0.15, 0.2) is 0 Å². The first-order valence-electron chi connectivity index (χ1n) is 6.90. The first-order valence-corrected chi connectivity index (χ1v) is 6.90. The number of amides is 1. The summed E-state index contributed by atoms with van der Waals surface area (Å²) in [5.74, 6) is 0.174. The van der Waals surface area contributed by atoms with Gasteiger partial charge in [0.25, 0.3) is 0 Å². The molecule has 1 heterocycles. The molecule has 0 aliphatic carbocycles. The summed E-state index contributed by atoms with van der Waals surface area (Å²) in [6.07, 6.45) is 2.01. The van der Waals surface area contributed by atoms with Crippen molar-refractivity contribution in [3.63, 3.8) is 0 Å². The third kappa shape index (κ3) is 3.68. The molecular weight excluding hydrogens is 214 g/mol.